The Labute approximate surface area is 204 Å². The van der Waals surface area contributed by atoms with Crippen molar-refractivity contribution < 1.29 is 27.4 Å². The summed E-state index contributed by atoms with van der Waals surface area (Å²) in [5, 5.41) is 2.92. The number of nitrogens with one attached hydrogen (secondary N) is 1. The number of carbonyl (C=O) groups excluding carboxylic acids is 1. The van der Waals surface area contributed by atoms with Gasteiger partial charge >= 0.3 is 6.36 Å². The first kappa shape index (κ1) is 26.1. The molecule has 0 aromatic heterocycles. The Morgan fingerprint density at radius 1 is 0.914 bits per heavy atom. The third-order valence-corrected chi connectivity index (χ3v) is 5.51. The summed E-state index contributed by atoms with van der Waals surface area (Å²) in [7, 11) is 0. The topological polar surface area (TPSA) is 47.6 Å². The monoisotopic (exact) mass is 485 g/mol. The second-order valence-electron chi connectivity index (χ2n) is 8.37. The largest absolute Gasteiger partial charge is 0.573 e. The molecule has 0 unspecified atom stereocenters. The van der Waals surface area contributed by atoms with Crippen LogP contribution < -0.4 is 14.8 Å². The molecule has 1 amide bonds. The summed E-state index contributed by atoms with van der Waals surface area (Å²) < 4.78 is 47.6. The molecule has 7 heteroatoms. The van der Waals surface area contributed by atoms with E-state index in [0.717, 1.165) is 31.2 Å². The van der Waals surface area contributed by atoms with E-state index in [1.807, 2.05) is 25.1 Å². The summed E-state index contributed by atoms with van der Waals surface area (Å²) in [4.78, 5) is 13.2. The highest BCUT2D eigenvalue weighted by atomic mass is 19.4. The third-order valence-electron chi connectivity index (χ3n) is 5.51. The molecule has 0 radical (unpaired) electrons. The Hall–Kier alpha value is -3.48. The number of halogens is 3. The number of hydrogen-bond donors (Lipinski definition) is 1. The van der Waals surface area contributed by atoms with Crippen LogP contribution in [0.5, 0.6) is 11.5 Å². The van der Waals surface area contributed by atoms with Gasteiger partial charge in [-0.25, -0.2) is 0 Å². The third kappa shape index (κ3) is 7.50. The highest BCUT2D eigenvalue weighted by molar-refractivity contribution is 6.09. The average Bonchev–Trinajstić information content (AvgIpc) is 2.79. The first-order valence-electron chi connectivity index (χ1n) is 11.7. The first-order valence-corrected chi connectivity index (χ1v) is 11.7. The van der Waals surface area contributed by atoms with Crippen molar-refractivity contribution in [1.29, 1.82) is 0 Å². The Morgan fingerprint density at radius 3 is 2.20 bits per heavy atom. The van der Waals surface area contributed by atoms with Crippen molar-refractivity contribution in [2.24, 2.45) is 0 Å². The van der Waals surface area contributed by atoms with Crippen molar-refractivity contribution in [3.8, 4) is 22.6 Å². The van der Waals surface area contributed by atoms with Crippen LogP contribution in [-0.2, 0) is 0 Å². The van der Waals surface area contributed by atoms with Gasteiger partial charge in [-0.3, -0.25) is 4.79 Å². The maximum atomic E-state index is 13.2. The van der Waals surface area contributed by atoms with E-state index in [2.05, 4.69) is 23.9 Å². The van der Waals surface area contributed by atoms with Crippen LogP contribution in [0.4, 0.5) is 18.9 Å². The van der Waals surface area contributed by atoms with Crippen LogP contribution in [0.1, 0.15) is 55.5 Å². The molecule has 0 aliphatic rings. The average molecular weight is 486 g/mol. The number of benzene rings is 3. The minimum atomic E-state index is -4.76. The minimum absolute atomic E-state index is 0.128. The van der Waals surface area contributed by atoms with Crippen molar-refractivity contribution >= 4 is 11.6 Å². The number of anilines is 1. The molecular formula is C28H30F3NO3. The van der Waals surface area contributed by atoms with Crippen LogP contribution in [0.2, 0.25) is 0 Å². The lowest BCUT2D eigenvalue weighted by Gasteiger charge is -2.19. The summed E-state index contributed by atoms with van der Waals surface area (Å²) >= 11 is 0. The normalized spacial score (nSPS) is 11.4. The van der Waals surface area contributed by atoms with Crippen LogP contribution >= 0.6 is 0 Å². The van der Waals surface area contributed by atoms with Crippen molar-refractivity contribution in [3.05, 3.63) is 77.9 Å². The predicted molar refractivity (Wildman–Crippen MR) is 132 cm³/mol. The molecule has 0 fully saturated rings. The second kappa shape index (κ2) is 11.8. The molecule has 186 valence electrons. The molecule has 1 N–H and O–H groups in total. The van der Waals surface area contributed by atoms with E-state index in [4.69, 9.17) is 4.74 Å². The molecule has 0 bridgehead atoms. The number of hydrogen-bond acceptors (Lipinski definition) is 3. The lowest BCUT2D eigenvalue weighted by Crippen LogP contribution is -2.17. The standard InChI is InChI=1S/C28H30F3NO3/c1-4-8-22(9-5-2)34-24-12-7-11-21(18-24)32-27(33)25-13-6-10-19(3)26(25)20-14-16-23(17-15-20)35-28(29,30)31/h6-7,10-18,22H,4-5,8-9H2,1-3H3,(H,32,33). The first-order chi connectivity index (χ1) is 16.7. The van der Waals surface area contributed by atoms with Gasteiger partial charge in [0.25, 0.3) is 5.91 Å². The zero-order valence-corrected chi connectivity index (χ0v) is 20.1. The van der Waals surface area contributed by atoms with Crippen molar-refractivity contribution in [2.45, 2.75) is 58.9 Å². The van der Waals surface area contributed by atoms with Crippen LogP contribution in [0.25, 0.3) is 11.1 Å². The Balaban J connectivity index is 1.82. The molecule has 3 aromatic rings. The van der Waals surface area contributed by atoms with Crippen molar-refractivity contribution in [2.75, 3.05) is 5.32 Å². The summed E-state index contributed by atoms with van der Waals surface area (Å²) in [5.41, 5.74) is 3.08. The van der Waals surface area contributed by atoms with Gasteiger partial charge in [-0.15, -0.1) is 13.2 Å². The molecule has 0 aliphatic carbocycles. The Bertz CT molecular complexity index is 1120. The zero-order valence-electron chi connectivity index (χ0n) is 20.1. The van der Waals surface area contributed by atoms with Gasteiger partial charge in [0.15, 0.2) is 0 Å². The van der Waals surface area contributed by atoms with E-state index < -0.39 is 6.36 Å². The maximum Gasteiger partial charge on any atom is 0.573 e. The summed E-state index contributed by atoms with van der Waals surface area (Å²) in [6.07, 6.45) is -0.654. The molecule has 0 atom stereocenters. The van der Waals surface area contributed by atoms with Crippen LogP contribution in [0.3, 0.4) is 0 Å². The Morgan fingerprint density at radius 2 is 1.57 bits per heavy atom. The van der Waals surface area contributed by atoms with Crippen LogP contribution in [-0.4, -0.2) is 18.4 Å². The van der Waals surface area contributed by atoms with Gasteiger partial charge in [-0.05, 0) is 66.8 Å². The fourth-order valence-corrected chi connectivity index (χ4v) is 4.01. The van der Waals surface area contributed by atoms with Gasteiger partial charge in [0.05, 0.1) is 6.10 Å². The molecule has 4 nitrogen and oxygen atoms in total. The van der Waals surface area contributed by atoms with E-state index in [1.165, 1.54) is 24.3 Å². The van der Waals surface area contributed by atoms with Crippen molar-refractivity contribution in [1.82, 2.24) is 0 Å². The number of alkyl halides is 3. The SMILES string of the molecule is CCCC(CCC)Oc1cccc(NC(=O)c2cccc(C)c2-c2ccc(OC(F)(F)F)cc2)c1. The fourth-order valence-electron chi connectivity index (χ4n) is 4.01. The number of amides is 1. The van der Waals surface area contributed by atoms with E-state index in [-0.39, 0.29) is 17.8 Å². The summed E-state index contributed by atoms with van der Waals surface area (Å²) in [5.74, 6) is 0.0525. The molecule has 0 spiro atoms. The number of ether oxygens (including phenoxy) is 2. The zero-order chi connectivity index (χ0) is 25.4. The van der Waals surface area contributed by atoms with E-state index in [1.54, 1.807) is 24.3 Å². The number of carbonyl (C=O) groups is 1. The van der Waals surface area contributed by atoms with Gasteiger partial charge in [-0.1, -0.05) is 57.0 Å². The smallest absolute Gasteiger partial charge is 0.490 e. The summed E-state index contributed by atoms with van der Waals surface area (Å²) in [6.45, 7) is 6.10. The maximum absolute atomic E-state index is 13.2. The molecular weight excluding hydrogens is 455 g/mol. The molecule has 3 rings (SSSR count). The van der Waals surface area contributed by atoms with E-state index in [9.17, 15) is 18.0 Å². The lowest BCUT2D eigenvalue weighted by molar-refractivity contribution is -0.274. The summed E-state index contributed by atoms with van der Waals surface area (Å²) in [6, 6.07) is 18.1. The molecule has 0 saturated heterocycles. The molecule has 0 heterocycles. The highest BCUT2D eigenvalue weighted by Crippen LogP contribution is 2.31. The molecule has 35 heavy (non-hydrogen) atoms. The Kier molecular flexibility index (Phi) is 8.79. The number of rotatable bonds is 10. The van der Waals surface area contributed by atoms with Gasteiger partial charge in [0.2, 0.25) is 0 Å². The lowest BCUT2D eigenvalue weighted by atomic mass is 9.94. The van der Waals surface area contributed by atoms with Gasteiger partial charge < -0.3 is 14.8 Å². The van der Waals surface area contributed by atoms with Crippen LogP contribution in [0, 0.1) is 6.92 Å². The van der Waals surface area contributed by atoms with E-state index >= 15 is 0 Å². The van der Waals surface area contributed by atoms with Gasteiger partial charge in [0, 0.05) is 17.3 Å². The quantitative estimate of drug-likeness (QED) is 0.315. The highest BCUT2D eigenvalue weighted by Gasteiger charge is 2.31. The van der Waals surface area contributed by atoms with E-state index in [0.29, 0.717) is 28.1 Å². The minimum Gasteiger partial charge on any atom is -0.490 e. The predicted octanol–water partition coefficient (Wildman–Crippen LogP) is 8.16. The van der Waals surface area contributed by atoms with Crippen molar-refractivity contribution in [3.63, 3.8) is 0 Å². The van der Waals surface area contributed by atoms with Crippen LogP contribution in [0.15, 0.2) is 66.7 Å². The second-order valence-corrected chi connectivity index (χ2v) is 8.37. The number of aryl methyl sites for hydroxylation is 1. The van der Waals surface area contributed by atoms with Gasteiger partial charge in [-0.2, -0.15) is 0 Å². The fraction of sp³-hybridized carbons (Fsp3) is 0.321. The molecule has 0 saturated carbocycles. The molecule has 3 aromatic carbocycles. The van der Waals surface area contributed by atoms with Gasteiger partial charge in [0.1, 0.15) is 11.5 Å². The molecule has 0 aliphatic heterocycles.